The van der Waals surface area contributed by atoms with Crippen molar-refractivity contribution in [2.75, 3.05) is 7.05 Å². The average molecular weight is 290 g/mol. The number of benzene rings is 1. The Bertz CT molecular complexity index is 819. The van der Waals surface area contributed by atoms with E-state index in [1.807, 2.05) is 67.6 Å². The number of aromatic nitrogens is 2. The molecule has 1 aliphatic rings. The lowest BCUT2D eigenvalue weighted by Gasteiger charge is -2.18. The van der Waals surface area contributed by atoms with Gasteiger partial charge in [-0.3, -0.25) is 0 Å². The molecular weight excluding hydrogens is 276 g/mol. The zero-order valence-electron chi connectivity index (χ0n) is 12.3. The fourth-order valence-electron chi connectivity index (χ4n) is 2.14. The van der Waals surface area contributed by atoms with E-state index in [-0.39, 0.29) is 5.89 Å². The van der Waals surface area contributed by atoms with Gasteiger partial charge in [0.1, 0.15) is 11.6 Å². The molecule has 5 nitrogen and oxygen atoms in total. The molecule has 0 N–H and O–H groups in total. The van der Waals surface area contributed by atoms with Gasteiger partial charge in [0.05, 0.1) is 5.70 Å². The summed E-state index contributed by atoms with van der Waals surface area (Å²) in [6, 6.07) is 9.97. The van der Waals surface area contributed by atoms with Gasteiger partial charge < -0.3 is 9.42 Å². The molecule has 0 atom stereocenters. The molecular formula is C17H14N4O. The van der Waals surface area contributed by atoms with Crippen LogP contribution in [-0.4, -0.2) is 22.1 Å². The van der Waals surface area contributed by atoms with Gasteiger partial charge in [0.15, 0.2) is 0 Å². The van der Waals surface area contributed by atoms with Crippen LogP contribution in [-0.2, 0) is 0 Å². The van der Waals surface area contributed by atoms with Gasteiger partial charge in [-0.25, -0.2) is 0 Å². The van der Waals surface area contributed by atoms with E-state index in [1.54, 1.807) is 0 Å². The first-order chi connectivity index (χ1) is 10.7. The SMILES string of the molecule is Cc1ccc(-c2noc(C(C#N)=C3C=CC=CN3C)n2)cc1. The van der Waals surface area contributed by atoms with Gasteiger partial charge in [-0.05, 0) is 19.1 Å². The minimum Gasteiger partial charge on any atom is -0.350 e. The van der Waals surface area contributed by atoms with Crippen LogP contribution in [0, 0.1) is 18.3 Å². The van der Waals surface area contributed by atoms with Crippen molar-refractivity contribution in [1.82, 2.24) is 15.0 Å². The van der Waals surface area contributed by atoms with Crippen LogP contribution in [0.1, 0.15) is 11.5 Å². The zero-order valence-corrected chi connectivity index (χ0v) is 12.3. The summed E-state index contributed by atoms with van der Waals surface area (Å²) in [6.07, 6.45) is 7.46. The van der Waals surface area contributed by atoms with Crippen molar-refractivity contribution < 1.29 is 4.52 Å². The second-order valence-electron chi connectivity index (χ2n) is 4.97. The first kappa shape index (κ1) is 13.8. The molecule has 0 unspecified atom stereocenters. The molecule has 2 aromatic rings. The molecule has 0 fully saturated rings. The lowest BCUT2D eigenvalue weighted by molar-refractivity contribution is 0.408. The Labute approximate surface area is 128 Å². The van der Waals surface area contributed by atoms with E-state index in [1.165, 1.54) is 0 Å². The summed E-state index contributed by atoms with van der Waals surface area (Å²) in [5.41, 5.74) is 3.10. The maximum atomic E-state index is 9.45. The molecule has 0 saturated carbocycles. The van der Waals surface area contributed by atoms with Gasteiger partial charge in [-0.1, -0.05) is 41.1 Å². The van der Waals surface area contributed by atoms with Gasteiger partial charge in [-0.2, -0.15) is 10.2 Å². The van der Waals surface area contributed by atoms with Crippen molar-refractivity contribution in [3.63, 3.8) is 0 Å². The summed E-state index contributed by atoms with van der Waals surface area (Å²) in [5.74, 6) is 0.696. The molecule has 0 amide bonds. The lowest BCUT2D eigenvalue weighted by atomic mass is 10.1. The third kappa shape index (κ3) is 2.54. The molecule has 0 aliphatic carbocycles. The van der Waals surface area contributed by atoms with Crippen LogP contribution in [0.2, 0.25) is 0 Å². The Morgan fingerprint density at radius 1 is 1.23 bits per heavy atom. The monoisotopic (exact) mass is 290 g/mol. The van der Waals surface area contributed by atoms with E-state index in [9.17, 15) is 5.26 Å². The Kier molecular flexibility index (Phi) is 3.58. The lowest BCUT2D eigenvalue weighted by Crippen LogP contribution is -2.12. The summed E-state index contributed by atoms with van der Waals surface area (Å²) in [7, 11) is 1.87. The van der Waals surface area contributed by atoms with Crippen molar-refractivity contribution >= 4 is 5.57 Å². The maximum Gasteiger partial charge on any atom is 0.271 e. The van der Waals surface area contributed by atoms with Crippen LogP contribution >= 0.6 is 0 Å². The third-order valence-electron chi connectivity index (χ3n) is 3.37. The number of nitriles is 1. The van der Waals surface area contributed by atoms with Crippen molar-refractivity contribution in [2.45, 2.75) is 6.92 Å². The summed E-state index contributed by atoms with van der Waals surface area (Å²) in [5, 5.41) is 13.4. The van der Waals surface area contributed by atoms with E-state index < -0.39 is 0 Å². The maximum absolute atomic E-state index is 9.45. The average Bonchev–Trinajstić information content (AvgIpc) is 3.00. The molecule has 22 heavy (non-hydrogen) atoms. The Hall–Kier alpha value is -3.13. The Balaban J connectivity index is 2.01. The Morgan fingerprint density at radius 3 is 2.68 bits per heavy atom. The molecule has 1 aromatic heterocycles. The molecule has 5 heteroatoms. The van der Waals surface area contributed by atoms with Crippen molar-refractivity contribution in [3.05, 3.63) is 65.8 Å². The van der Waals surface area contributed by atoms with Gasteiger partial charge in [-0.15, -0.1) is 0 Å². The summed E-state index contributed by atoms with van der Waals surface area (Å²) >= 11 is 0. The second-order valence-corrected chi connectivity index (χ2v) is 4.97. The molecule has 0 bridgehead atoms. The number of hydrogen-bond donors (Lipinski definition) is 0. The fourth-order valence-corrected chi connectivity index (χ4v) is 2.14. The quantitative estimate of drug-likeness (QED) is 0.794. The predicted molar refractivity (Wildman–Crippen MR) is 83.0 cm³/mol. The normalized spacial score (nSPS) is 15.8. The van der Waals surface area contributed by atoms with Crippen molar-refractivity contribution in [3.8, 4) is 17.5 Å². The summed E-state index contributed by atoms with van der Waals surface area (Å²) < 4.78 is 5.28. The molecule has 108 valence electrons. The van der Waals surface area contributed by atoms with Gasteiger partial charge >= 0.3 is 0 Å². The highest BCUT2D eigenvalue weighted by molar-refractivity contribution is 5.77. The highest BCUT2D eigenvalue weighted by atomic mass is 16.5. The van der Waals surface area contributed by atoms with Crippen molar-refractivity contribution in [1.29, 1.82) is 5.26 Å². The number of hydrogen-bond acceptors (Lipinski definition) is 5. The first-order valence-electron chi connectivity index (χ1n) is 6.82. The highest BCUT2D eigenvalue weighted by Gasteiger charge is 2.18. The number of aryl methyl sites for hydroxylation is 1. The van der Waals surface area contributed by atoms with Gasteiger partial charge in [0.25, 0.3) is 5.89 Å². The molecule has 3 rings (SSSR count). The minimum atomic E-state index is 0.222. The van der Waals surface area contributed by atoms with Crippen LogP contribution in [0.5, 0.6) is 0 Å². The zero-order chi connectivity index (χ0) is 15.5. The minimum absolute atomic E-state index is 0.222. The fraction of sp³-hybridized carbons (Fsp3) is 0.118. The van der Waals surface area contributed by atoms with Crippen LogP contribution in [0.4, 0.5) is 0 Å². The van der Waals surface area contributed by atoms with Crippen LogP contribution in [0.25, 0.3) is 17.0 Å². The predicted octanol–water partition coefficient (Wildman–Crippen LogP) is 3.30. The first-order valence-corrected chi connectivity index (χ1v) is 6.82. The molecule has 0 spiro atoms. The van der Waals surface area contributed by atoms with E-state index in [4.69, 9.17) is 4.52 Å². The smallest absolute Gasteiger partial charge is 0.271 e. The second kappa shape index (κ2) is 5.70. The van der Waals surface area contributed by atoms with E-state index in [0.717, 1.165) is 16.8 Å². The number of allylic oxidation sites excluding steroid dienone is 4. The molecule has 1 aromatic carbocycles. The van der Waals surface area contributed by atoms with E-state index in [2.05, 4.69) is 16.2 Å². The summed E-state index contributed by atoms with van der Waals surface area (Å²) in [4.78, 5) is 6.19. The Morgan fingerprint density at radius 2 is 2.00 bits per heavy atom. The molecule has 2 heterocycles. The standard InChI is InChI=1S/C17H14N4O/c1-12-6-8-13(9-7-12)16-19-17(22-20-16)14(11-18)15-5-3-4-10-21(15)2/h3-10H,1-2H3. The van der Waals surface area contributed by atoms with Crippen LogP contribution < -0.4 is 0 Å². The molecule has 1 aliphatic heterocycles. The van der Waals surface area contributed by atoms with E-state index in [0.29, 0.717) is 11.4 Å². The number of nitrogens with zero attached hydrogens (tertiary/aromatic N) is 4. The van der Waals surface area contributed by atoms with Crippen LogP contribution in [0.15, 0.2) is 58.9 Å². The highest BCUT2D eigenvalue weighted by Crippen LogP contribution is 2.24. The molecule has 0 saturated heterocycles. The van der Waals surface area contributed by atoms with Crippen molar-refractivity contribution in [2.24, 2.45) is 0 Å². The topological polar surface area (TPSA) is 66.0 Å². The number of likely N-dealkylation sites (N-methyl/N-ethyl adjacent to an activating group) is 1. The van der Waals surface area contributed by atoms with Gasteiger partial charge in [0.2, 0.25) is 5.82 Å². The summed E-state index contributed by atoms with van der Waals surface area (Å²) in [6.45, 7) is 2.02. The van der Waals surface area contributed by atoms with Gasteiger partial charge in [0, 0.05) is 18.8 Å². The van der Waals surface area contributed by atoms with E-state index >= 15 is 0 Å². The largest absolute Gasteiger partial charge is 0.350 e. The van der Waals surface area contributed by atoms with Crippen LogP contribution in [0.3, 0.4) is 0 Å². The number of rotatable bonds is 2. The molecule has 0 radical (unpaired) electrons. The third-order valence-corrected chi connectivity index (χ3v) is 3.37.